The quantitative estimate of drug-likeness (QED) is 0.742. The second-order valence-corrected chi connectivity index (χ2v) is 5.80. The molecule has 0 aromatic heterocycles. The highest BCUT2D eigenvalue weighted by Gasteiger charge is 2.27. The summed E-state index contributed by atoms with van der Waals surface area (Å²) in [6.45, 7) is 3.85. The van der Waals surface area contributed by atoms with Crippen molar-refractivity contribution in [1.29, 1.82) is 0 Å². The van der Waals surface area contributed by atoms with Crippen molar-refractivity contribution in [2.75, 3.05) is 13.1 Å². The number of urea groups is 1. The maximum Gasteiger partial charge on any atom is 0.405 e. The molecule has 0 bridgehead atoms. The first-order valence-corrected chi connectivity index (χ1v) is 7.53. The molecular formula is C16H22F3N3O2. The highest BCUT2D eigenvalue weighted by molar-refractivity contribution is 5.84. The van der Waals surface area contributed by atoms with Gasteiger partial charge in [0.25, 0.3) is 0 Å². The first-order chi connectivity index (χ1) is 11.1. The van der Waals surface area contributed by atoms with Gasteiger partial charge < -0.3 is 16.0 Å². The molecule has 0 saturated carbocycles. The average Bonchev–Trinajstić information content (AvgIpc) is 2.48. The molecule has 0 heterocycles. The van der Waals surface area contributed by atoms with Crippen LogP contribution in [0.1, 0.15) is 31.0 Å². The number of alkyl halides is 3. The fourth-order valence-corrected chi connectivity index (χ4v) is 2.15. The second kappa shape index (κ2) is 8.56. The minimum atomic E-state index is -4.48. The lowest BCUT2D eigenvalue weighted by Gasteiger charge is -2.24. The first kappa shape index (κ1) is 19.8. The van der Waals surface area contributed by atoms with E-state index in [1.807, 2.05) is 45.0 Å². The van der Waals surface area contributed by atoms with Crippen LogP contribution in [0.25, 0.3) is 0 Å². The van der Waals surface area contributed by atoms with E-state index in [0.29, 0.717) is 0 Å². The van der Waals surface area contributed by atoms with Crippen molar-refractivity contribution in [3.8, 4) is 0 Å². The predicted octanol–water partition coefficient (Wildman–Crippen LogP) is 2.67. The van der Waals surface area contributed by atoms with E-state index in [9.17, 15) is 22.8 Å². The molecule has 0 aliphatic rings. The lowest BCUT2D eigenvalue weighted by Crippen LogP contribution is -2.45. The lowest BCUT2D eigenvalue weighted by atomic mass is 9.93. The van der Waals surface area contributed by atoms with Crippen molar-refractivity contribution in [2.24, 2.45) is 5.92 Å². The van der Waals surface area contributed by atoms with Crippen LogP contribution < -0.4 is 16.0 Å². The van der Waals surface area contributed by atoms with Crippen LogP contribution in [-0.2, 0) is 4.79 Å². The Hall–Kier alpha value is -2.25. The Labute approximate surface area is 139 Å². The summed E-state index contributed by atoms with van der Waals surface area (Å²) in [5, 5.41) is 6.70. The van der Waals surface area contributed by atoms with Crippen LogP contribution in [0.4, 0.5) is 18.0 Å². The average molecular weight is 345 g/mol. The van der Waals surface area contributed by atoms with Gasteiger partial charge in [-0.05, 0) is 24.0 Å². The Balaban J connectivity index is 2.55. The summed E-state index contributed by atoms with van der Waals surface area (Å²) < 4.78 is 36.0. The summed E-state index contributed by atoms with van der Waals surface area (Å²) in [7, 11) is 0. The molecule has 0 unspecified atom stereocenters. The van der Waals surface area contributed by atoms with Crippen molar-refractivity contribution in [3.63, 3.8) is 0 Å². The van der Waals surface area contributed by atoms with Gasteiger partial charge in [0, 0.05) is 0 Å². The normalized spacial score (nSPS) is 12.6. The SMILES string of the molecule is Cc1ccccc1[C@H](NC(=O)NCC(=O)NCC(F)(F)F)C(C)C. The number of halogens is 3. The second-order valence-electron chi connectivity index (χ2n) is 5.80. The van der Waals surface area contributed by atoms with E-state index in [-0.39, 0.29) is 12.0 Å². The Morgan fingerprint density at radius 2 is 1.75 bits per heavy atom. The van der Waals surface area contributed by atoms with E-state index < -0.39 is 31.2 Å². The van der Waals surface area contributed by atoms with E-state index in [1.54, 1.807) is 5.32 Å². The summed E-state index contributed by atoms with van der Waals surface area (Å²) >= 11 is 0. The number of benzene rings is 1. The highest BCUT2D eigenvalue weighted by atomic mass is 19.4. The van der Waals surface area contributed by atoms with E-state index in [2.05, 4.69) is 10.6 Å². The van der Waals surface area contributed by atoms with Gasteiger partial charge >= 0.3 is 12.2 Å². The Kier molecular flexibility index (Phi) is 7.06. The third-order valence-corrected chi connectivity index (χ3v) is 3.37. The van der Waals surface area contributed by atoms with Crippen LogP contribution >= 0.6 is 0 Å². The van der Waals surface area contributed by atoms with E-state index >= 15 is 0 Å². The predicted molar refractivity (Wildman–Crippen MR) is 84.4 cm³/mol. The third kappa shape index (κ3) is 6.89. The van der Waals surface area contributed by atoms with Crippen molar-refractivity contribution in [2.45, 2.75) is 33.0 Å². The molecule has 0 aliphatic carbocycles. The van der Waals surface area contributed by atoms with E-state index in [0.717, 1.165) is 11.1 Å². The highest BCUT2D eigenvalue weighted by Crippen LogP contribution is 2.24. The van der Waals surface area contributed by atoms with Crippen LogP contribution in [0.3, 0.4) is 0 Å². The summed E-state index contributed by atoms with van der Waals surface area (Å²) in [6, 6.07) is 6.69. The van der Waals surface area contributed by atoms with Gasteiger partial charge in [0.1, 0.15) is 6.54 Å². The molecule has 1 rings (SSSR count). The molecule has 1 aromatic rings. The molecule has 5 nitrogen and oxygen atoms in total. The number of carbonyl (C=O) groups is 2. The number of nitrogens with one attached hydrogen (secondary N) is 3. The van der Waals surface area contributed by atoms with Gasteiger partial charge in [-0.15, -0.1) is 0 Å². The zero-order chi connectivity index (χ0) is 18.3. The van der Waals surface area contributed by atoms with Crippen molar-refractivity contribution in [1.82, 2.24) is 16.0 Å². The molecule has 1 atom stereocenters. The molecule has 0 fully saturated rings. The lowest BCUT2D eigenvalue weighted by molar-refractivity contribution is -0.137. The number of hydrogen-bond donors (Lipinski definition) is 3. The van der Waals surface area contributed by atoms with E-state index in [1.165, 1.54) is 0 Å². The van der Waals surface area contributed by atoms with Crippen molar-refractivity contribution in [3.05, 3.63) is 35.4 Å². The molecule has 0 spiro atoms. The maximum absolute atomic E-state index is 12.0. The van der Waals surface area contributed by atoms with Crippen molar-refractivity contribution >= 4 is 11.9 Å². The fourth-order valence-electron chi connectivity index (χ4n) is 2.15. The third-order valence-electron chi connectivity index (χ3n) is 3.37. The largest absolute Gasteiger partial charge is 0.405 e. The molecule has 0 aliphatic heterocycles. The molecular weight excluding hydrogens is 323 g/mol. The zero-order valence-electron chi connectivity index (χ0n) is 13.8. The Morgan fingerprint density at radius 3 is 2.29 bits per heavy atom. The van der Waals surface area contributed by atoms with Gasteiger partial charge in [0.2, 0.25) is 5.91 Å². The molecule has 3 amide bonds. The number of carbonyl (C=O) groups excluding carboxylic acids is 2. The van der Waals surface area contributed by atoms with Gasteiger partial charge in [0.05, 0.1) is 12.6 Å². The number of rotatable bonds is 6. The first-order valence-electron chi connectivity index (χ1n) is 7.53. The summed E-state index contributed by atoms with van der Waals surface area (Å²) in [5.74, 6) is -0.810. The maximum atomic E-state index is 12.0. The molecule has 1 aromatic carbocycles. The van der Waals surface area contributed by atoms with Gasteiger partial charge in [-0.3, -0.25) is 4.79 Å². The molecule has 134 valence electrons. The summed E-state index contributed by atoms with van der Waals surface area (Å²) in [4.78, 5) is 23.2. The number of amides is 3. The van der Waals surface area contributed by atoms with E-state index in [4.69, 9.17) is 0 Å². The number of aryl methyl sites for hydroxylation is 1. The minimum absolute atomic E-state index is 0.0934. The fraction of sp³-hybridized carbons (Fsp3) is 0.500. The van der Waals surface area contributed by atoms with Gasteiger partial charge in [-0.1, -0.05) is 38.1 Å². The zero-order valence-corrected chi connectivity index (χ0v) is 13.8. The van der Waals surface area contributed by atoms with Crippen LogP contribution in [0.5, 0.6) is 0 Å². The minimum Gasteiger partial charge on any atom is -0.345 e. The standard InChI is InChI=1S/C16H22F3N3O2/c1-10(2)14(12-7-5-4-6-11(12)3)22-15(24)20-8-13(23)21-9-16(17,18)19/h4-7,10,14H,8-9H2,1-3H3,(H,21,23)(H2,20,22,24)/t14-/m1/s1. The van der Waals surface area contributed by atoms with Crippen LogP contribution in [-0.4, -0.2) is 31.2 Å². The number of hydrogen-bond acceptors (Lipinski definition) is 2. The molecule has 8 heteroatoms. The smallest absolute Gasteiger partial charge is 0.345 e. The summed E-state index contributed by atoms with van der Waals surface area (Å²) in [5.41, 5.74) is 1.96. The summed E-state index contributed by atoms with van der Waals surface area (Å²) in [6.07, 6.45) is -4.48. The monoisotopic (exact) mass is 345 g/mol. The molecule has 0 saturated heterocycles. The Morgan fingerprint density at radius 1 is 1.12 bits per heavy atom. The van der Waals surface area contributed by atoms with Gasteiger partial charge in [-0.25, -0.2) is 4.79 Å². The van der Waals surface area contributed by atoms with Crippen molar-refractivity contribution < 1.29 is 22.8 Å². The van der Waals surface area contributed by atoms with Crippen LogP contribution in [0, 0.1) is 12.8 Å². The van der Waals surface area contributed by atoms with Crippen LogP contribution in [0.15, 0.2) is 24.3 Å². The molecule has 24 heavy (non-hydrogen) atoms. The van der Waals surface area contributed by atoms with Crippen LogP contribution in [0.2, 0.25) is 0 Å². The van der Waals surface area contributed by atoms with Gasteiger partial charge in [0.15, 0.2) is 0 Å². The topological polar surface area (TPSA) is 70.2 Å². The Bertz CT molecular complexity index is 574. The molecule has 0 radical (unpaired) electrons. The van der Waals surface area contributed by atoms with Gasteiger partial charge in [-0.2, -0.15) is 13.2 Å². The molecule has 3 N–H and O–H groups in total.